The maximum Gasteiger partial charge on any atom is 0.232 e. The lowest BCUT2D eigenvalue weighted by atomic mass is 10.2. The Kier molecular flexibility index (Phi) is 5.26. The lowest BCUT2D eigenvalue weighted by molar-refractivity contribution is 0.122. The summed E-state index contributed by atoms with van der Waals surface area (Å²) in [7, 11) is 0. The van der Waals surface area contributed by atoms with Crippen LogP contribution in [-0.4, -0.2) is 56.0 Å². The van der Waals surface area contributed by atoms with Crippen molar-refractivity contribution in [3.8, 4) is 5.69 Å². The van der Waals surface area contributed by atoms with Gasteiger partial charge in [0.2, 0.25) is 17.8 Å². The average molecular weight is 399 g/mol. The van der Waals surface area contributed by atoms with Crippen molar-refractivity contribution in [2.75, 3.05) is 42.7 Å². The normalized spacial score (nSPS) is 14.4. The van der Waals surface area contributed by atoms with Crippen LogP contribution in [0.2, 0.25) is 0 Å². The van der Waals surface area contributed by atoms with Crippen LogP contribution in [0.3, 0.4) is 0 Å². The Labute approximate surface area is 166 Å². The molecule has 1 fully saturated rings. The van der Waals surface area contributed by atoms with Gasteiger partial charge in [-0.3, -0.25) is 4.57 Å². The van der Waals surface area contributed by atoms with E-state index >= 15 is 0 Å². The molecule has 0 atom stereocenters. The van der Waals surface area contributed by atoms with E-state index in [-0.39, 0.29) is 11.9 Å². The van der Waals surface area contributed by atoms with Crippen molar-refractivity contribution in [2.45, 2.75) is 17.8 Å². The van der Waals surface area contributed by atoms with E-state index in [9.17, 15) is 0 Å². The molecule has 3 heterocycles. The van der Waals surface area contributed by atoms with Gasteiger partial charge in [-0.25, -0.2) is 0 Å². The molecule has 10 nitrogen and oxygen atoms in total. The summed E-state index contributed by atoms with van der Waals surface area (Å²) in [6, 6.07) is 8.26. The Hall–Kier alpha value is -2.92. The molecule has 0 saturated carbocycles. The molecule has 4 rings (SSSR count). The summed E-state index contributed by atoms with van der Waals surface area (Å²) in [6.07, 6.45) is 0. The predicted octanol–water partition coefficient (Wildman–Crippen LogP) is 1.05. The summed E-state index contributed by atoms with van der Waals surface area (Å²) in [4.78, 5) is 14.2. The van der Waals surface area contributed by atoms with E-state index in [0.29, 0.717) is 24.8 Å². The number of aryl methyl sites for hydroxylation is 1. The molecule has 2 aromatic heterocycles. The summed E-state index contributed by atoms with van der Waals surface area (Å²) >= 11 is 1.47. The molecular formula is C17H21N9OS. The summed E-state index contributed by atoms with van der Waals surface area (Å²) in [5.74, 6) is 1.96. The maximum absolute atomic E-state index is 5.66. The third-order valence-electron chi connectivity index (χ3n) is 4.25. The van der Waals surface area contributed by atoms with Crippen LogP contribution >= 0.6 is 11.8 Å². The fraction of sp³-hybridized carbons (Fsp3) is 0.353. The zero-order chi connectivity index (χ0) is 19.5. The molecule has 1 aliphatic rings. The van der Waals surface area contributed by atoms with Gasteiger partial charge in [0.25, 0.3) is 0 Å². The first-order valence-electron chi connectivity index (χ1n) is 8.84. The largest absolute Gasteiger partial charge is 0.378 e. The van der Waals surface area contributed by atoms with Crippen LogP contribution in [0.25, 0.3) is 5.69 Å². The quantitative estimate of drug-likeness (QED) is 0.600. The second-order valence-electron chi connectivity index (χ2n) is 6.31. The molecule has 0 unspecified atom stereocenters. The highest BCUT2D eigenvalue weighted by Crippen LogP contribution is 2.29. The topological polar surface area (TPSA) is 134 Å². The fourth-order valence-corrected chi connectivity index (χ4v) is 3.70. The summed E-state index contributed by atoms with van der Waals surface area (Å²) in [5.41, 5.74) is 13.5. The zero-order valence-corrected chi connectivity index (χ0v) is 16.3. The van der Waals surface area contributed by atoms with Gasteiger partial charge in [0.1, 0.15) is 5.82 Å². The van der Waals surface area contributed by atoms with E-state index in [4.69, 9.17) is 16.2 Å². The summed E-state index contributed by atoms with van der Waals surface area (Å²) in [6.45, 7) is 4.95. The Bertz CT molecular complexity index is 934. The third kappa shape index (κ3) is 3.99. The van der Waals surface area contributed by atoms with Gasteiger partial charge in [-0.05, 0) is 19.1 Å². The minimum atomic E-state index is 0.108. The fourth-order valence-electron chi connectivity index (χ4n) is 2.89. The first kappa shape index (κ1) is 18.4. The Morgan fingerprint density at radius 1 is 1.00 bits per heavy atom. The number of rotatable bonds is 5. The van der Waals surface area contributed by atoms with E-state index in [2.05, 4.69) is 61.2 Å². The van der Waals surface area contributed by atoms with Crippen molar-refractivity contribution in [3.63, 3.8) is 0 Å². The van der Waals surface area contributed by atoms with Crippen molar-refractivity contribution < 1.29 is 4.74 Å². The van der Waals surface area contributed by atoms with Crippen LogP contribution < -0.4 is 16.4 Å². The number of nitrogens with zero attached hydrogens (tertiary/aromatic N) is 7. The third-order valence-corrected chi connectivity index (χ3v) is 5.17. The number of nitrogens with two attached hydrogens (primary N) is 2. The number of morpholine rings is 1. The number of ether oxygens (including phenoxy) is 1. The number of thioether (sulfide) groups is 1. The number of anilines is 3. The van der Waals surface area contributed by atoms with Gasteiger partial charge in [-0.1, -0.05) is 29.5 Å². The number of hydrogen-bond acceptors (Lipinski definition) is 10. The molecule has 0 amide bonds. The molecular weight excluding hydrogens is 378 g/mol. The highest BCUT2D eigenvalue weighted by molar-refractivity contribution is 7.98. The van der Waals surface area contributed by atoms with Gasteiger partial charge in [-0.2, -0.15) is 15.0 Å². The molecule has 1 aromatic carbocycles. The molecule has 146 valence electrons. The number of nitrogen functional groups attached to an aromatic ring is 2. The molecule has 1 aliphatic heterocycles. The van der Waals surface area contributed by atoms with Crippen molar-refractivity contribution in [1.29, 1.82) is 0 Å². The second kappa shape index (κ2) is 7.98. The van der Waals surface area contributed by atoms with Gasteiger partial charge in [0.15, 0.2) is 5.16 Å². The van der Waals surface area contributed by atoms with Crippen LogP contribution in [0.4, 0.5) is 17.8 Å². The minimum absolute atomic E-state index is 0.108. The van der Waals surface area contributed by atoms with Crippen LogP contribution in [0.1, 0.15) is 11.4 Å². The lowest BCUT2D eigenvalue weighted by Gasteiger charge is -2.27. The smallest absolute Gasteiger partial charge is 0.232 e. The van der Waals surface area contributed by atoms with Crippen LogP contribution in [0.15, 0.2) is 29.4 Å². The molecule has 0 bridgehead atoms. The molecule has 4 N–H and O–H groups in total. The van der Waals surface area contributed by atoms with E-state index in [1.54, 1.807) is 0 Å². The molecule has 1 saturated heterocycles. The molecule has 11 heteroatoms. The summed E-state index contributed by atoms with van der Waals surface area (Å²) < 4.78 is 7.51. The molecule has 0 spiro atoms. The van der Waals surface area contributed by atoms with E-state index in [0.717, 1.165) is 29.9 Å². The van der Waals surface area contributed by atoms with Crippen molar-refractivity contribution in [1.82, 2.24) is 29.7 Å². The van der Waals surface area contributed by atoms with Crippen molar-refractivity contribution in [2.24, 2.45) is 0 Å². The molecule has 0 aliphatic carbocycles. The monoisotopic (exact) mass is 399 g/mol. The highest BCUT2D eigenvalue weighted by atomic mass is 32.2. The van der Waals surface area contributed by atoms with Gasteiger partial charge in [0, 0.05) is 13.1 Å². The van der Waals surface area contributed by atoms with Gasteiger partial charge < -0.3 is 21.1 Å². The average Bonchev–Trinajstić information content (AvgIpc) is 3.11. The molecule has 28 heavy (non-hydrogen) atoms. The van der Waals surface area contributed by atoms with Crippen molar-refractivity contribution >= 4 is 29.6 Å². The number of hydrogen-bond donors (Lipinski definition) is 2. The number of aromatic nitrogens is 6. The SMILES string of the molecule is Cc1ccc(-n2c(SCc3nc(N)nc(N)n3)nnc2N2CCOCC2)cc1. The Balaban J connectivity index is 1.66. The van der Waals surface area contributed by atoms with E-state index < -0.39 is 0 Å². The summed E-state index contributed by atoms with van der Waals surface area (Å²) in [5, 5.41) is 9.59. The lowest BCUT2D eigenvalue weighted by Crippen LogP contribution is -2.37. The first-order valence-corrected chi connectivity index (χ1v) is 9.82. The van der Waals surface area contributed by atoms with Crippen molar-refractivity contribution in [3.05, 3.63) is 35.7 Å². The second-order valence-corrected chi connectivity index (χ2v) is 7.25. The zero-order valence-electron chi connectivity index (χ0n) is 15.4. The Morgan fingerprint density at radius 2 is 1.68 bits per heavy atom. The molecule has 3 aromatic rings. The standard InChI is InChI=1S/C17H21N9OS/c1-11-2-4-12(5-3-11)26-16(25-6-8-27-9-7-25)23-24-17(26)28-10-13-20-14(18)22-15(19)21-13/h2-5H,6-10H2,1H3,(H4,18,19,20,21,22). The van der Waals surface area contributed by atoms with Crippen LogP contribution in [-0.2, 0) is 10.5 Å². The Morgan fingerprint density at radius 3 is 2.36 bits per heavy atom. The highest BCUT2D eigenvalue weighted by Gasteiger charge is 2.22. The van der Waals surface area contributed by atoms with Gasteiger partial charge in [-0.15, -0.1) is 10.2 Å². The maximum atomic E-state index is 5.66. The first-order chi connectivity index (χ1) is 13.6. The van der Waals surface area contributed by atoms with E-state index in [1.807, 2.05) is 4.57 Å². The van der Waals surface area contributed by atoms with Crippen LogP contribution in [0.5, 0.6) is 0 Å². The van der Waals surface area contributed by atoms with E-state index in [1.165, 1.54) is 17.3 Å². The number of benzene rings is 1. The molecule has 0 radical (unpaired) electrons. The van der Waals surface area contributed by atoms with Gasteiger partial charge in [0.05, 0.1) is 24.7 Å². The predicted molar refractivity (Wildman–Crippen MR) is 107 cm³/mol. The minimum Gasteiger partial charge on any atom is -0.378 e. The van der Waals surface area contributed by atoms with Crippen LogP contribution in [0, 0.1) is 6.92 Å². The van der Waals surface area contributed by atoms with Gasteiger partial charge >= 0.3 is 0 Å².